The average Bonchev–Trinajstić information content (AvgIpc) is 3.19. The molecular formula is C20H29IN4O. The van der Waals surface area contributed by atoms with Gasteiger partial charge in [-0.15, -0.1) is 24.0 Å². The number of hydrogen-bond donors (Lipinski definition) is 2. The van der Waals surface area contributed by atoms with Crippen LogP contribution in [-0.4, -0.2) is 37.3 Å². The number of nitrogens with one attached hydrogen (secondary N) is 2. The minimum atomic E-state index is 0. The molecule has 0 bridgehead atoms. The summed E-state index contributed by atoms with van der Waals surface area (Å²) in [7, 11) is 1.82. The summed E-state index contributed by atoms with van der Waals surface area (Å²) in [6.07, 6.45) is 6.60. The molecule has 2 atom stereocenters. The van der Waals surface area contributed by atoms with Crippen LogP contribution in [0, 0.1) is 5.92 Å². The number of ether oxygens (including phenoxy) is 1. The van der Waals surface area contributed by atoms with Crippen molar-refractivity contribution in [1.82, 2.24) is 15.2 Å². The van der Waals surface area contributed by atoms with Gasteiger partial charge in [-0.2, -0.15) is 0 Å². The van der Waals surface area contributed by atoms with Crippen LogP contribution in [0.5, 0.6) is 0 Å². The molecule has 6 heteroatoms. The number of nitrogens with zero attached hydrogens (tertiary/aromatic N) is 2. The summed E-state index contributed by atoms with van der Waals surface area (Å²) in [6.45, 7) is 3.48. The lowest BCUT2D eigenvalue weighted by Gasteiger charge is -2.32. The van der Waals surface area contributed by atoms with E-state index in [4.69, 9.17) is 4.74 Å². The predicted molar refractivity (Wildman–Crippen MR) is 117 cm³/mol. The Kier molecular flexibility index (Phi) is 8.97. The monoisotopic (exact) mass is 468 g/mol. The third-order valence-corrected chi connectivity index (χ3v) is 4.66. The topological polar surface area (TPSA) is 50.6 Å². The fraction of sp³-hybridized carbons (Fsp3) is 0.450. The molecular weight excluding hydrogens is 439 g/mol. The Hall–Kier alpha value is -1.54. The molecule has 1 fully saturated rings. The fourth-order valence-corrected chi connectivity index (χ4v) is 3.33. The van der Waals surface area contributed by atoms with Gasteiger partial charge >= 0.3 is 0 Å². The zero-order valence-electron chi connectivity index (χ0n) is 15.3. The molecule has 2 unspecified atom stereocenters. The molecule has 0 saturated carbocycles. The highest BCUT2D eigenvalue weighted by Gasteiger charge is 2.27. The Morgan fingerprint density at radius 3 is 2.65 bits per heavy atom. The third-order valence-electron chi connectivity index (χ3n) is 4.66. The number of aromatic nitrogens is 1. The van der Waals surface area contributed by atoms with Gasteiger partial charge in [-0.25, -0.2) is 0 Å². The lowest BCUT2D eigenvalue weighted by Crippen LogP contribution is -2.42. The highest BCUT2D eigenvalue weighted by Crippen LogP contribution is 2.32. The first kappa shape index (κ1) is 20.8. The lowest BCUT2D eigenvalue weighted by molar-refractivity contribution is -0.0265. The summed E-state index contributed by atoms with van der Waals surface area (Å²) in [5.41, 5.74) is 1.27. The molecule has 26 heavy (non-hydrogen) atoms. The molecule has 142 valence electrons. The maximum absolute atomic E-state index is 6.07. The fourth-order valence-electron chi connectivity index (χ4n) is 3.33. The van der Waals surface area contributed by atoms with Crippen LogP contribution in [0.2, 0.25) is 0 Å². The smallest absolute Gasteiger partial charge is 0.191 e. The van der Waals surface area contributed by atoms with E-state index in [1.807, 2.05) is 19.2 Å². The highest BCUT2D eigenvalue weighted by atomic mass is 127. The molecule has 1 aromatic carbocycles. The number of halogens is 1. The molecule has 0 radical (unpaired) electrons. The maximum Gasteiger partial charge on any atom is 0.191 e. The van der Waals surface area contributed by atoms with E-state index in [1.165, 1.54) is 12.0 Å². The Labute approximate surface area is 173 Å². The highest BCUT2D eigenvalue weighted by molar-refractivity contribution is 14.0. The third kappa shape index (κ3) is 6.02. The molecule has 5 nitrogen and oxygen atoms in total. The van der Waals surface area contributed by atoms with Gasteiger partial charge in [0.2, 0.25) is 0 Å². The van der Waals surface area contributed by atoms with Crippen molar-refractivity contribution in [2.75, 3.05) is 26.7 Å². The molecule has 2 aromatic rings. The van der Waals surface area contributed by atoms with Crippen molar-refractivity contribution in [3.63, 3.8) is 0 Å². The summed E-state index contributed by atoms with van der Waals surface area (Å²) in [5.74, 6) is 1.31. The molecule has 0 aliphatic carbocycles. The van der Waals surface area contributed by atoms with Gasteiger partial charge in [0, 0.05) is 51.6 Å². The van der Waals surface area contributed by atoms with E-state index in [9.17, 15) is 0 Å². The Morgan fingerprint density at radius 2 is 1.92 bits per heavy atom. The first-order valence-corrected chi connectivity index (χ1v) is 9.08. The summed E-state index contributed by atoms with van der Waals surface area (Å²) in [6, 6.07) is 14.6. The van der Waals surface area contributed by atoms with E-state index in [2.05, 4.69) is 62.9 Å². The molecule has 3 rings (SSSR count). The first-order chi connectivity index (χ1) is 12.4. The van der Waals surface area contributed by atoms with Crippen molar-refractivity contribution in [3.05, 3.63) is 60.4 Å². The van der Waals surface area contributed by atoms with Crippen LogP contribution in [0.1, 0.15) is 24.5 Å². The zero-order valence-corrected chi connectivity index (χ0v) is 17.6. The van der Waals surface area contributed by atoms with Crippen molar-refractivity contribution < 1.29 is 4.74 Å². The molecule has 1 saturated heterocycles. The van der Waals surface area contributed by atoms with E-state index in [-0.39, 0.29) is 30.1 Å². The predicted octanol–water partition coefficient (Wildman–Crippen LogP) is 3.44. The van der Waals surface area contributed by atoms with Crippen molar-refractivity contribution in [1.29, 1.82) is 0 Å². The molecule has 1 aromatic heterocycles. The van der Waals surface area contributed by atoms with Crippen LogP contribution in [0.3, 0.4) is 0 Å². The second kappa shape index (κ2) is 11.2. The van der Waals surface area contributed by atoms with E-state index in [0.29, 0.717) is 5.92 Å². The van der Waals surface area contributed by atoms with Gasteiger partial charge in [-0.1, -0.05) is 30.3 Å². The summed E-state index contributed by atoms with van der Waals surface area (Å²) >= 11 is 0. The van der Waals surface area contributed by atoms with Crippen molar-refractivity contribution in [2.45, 2.75) is 25.5 Å². The van der Waals surface area contributed by atoms with Gasteiger partial charge in [0.15, 0.2) is 5.96 Å². The summed E-state index contributed by atoms with van der Waals surface area (Å²) in [4.78, 5) is 4.33. The van der Waals surface area contributed by atoms with Gasteiger partial charge in [-0.3, -0.25) is 4.99 Å². The summed E-state index contributed by atoms with van der Waals surface area (Å²) < 4.78 is 8.22. The first-order valence-electron chi connectivity index (χ1n) is 9.08. The molecule has 1 aliphatic heterocycles. The zero-order chi connectivity index (χ0) is 17.3. The minimum absolute atomic E-state index is 0. The minimum Gasteiger partial charge on any atom is -0.373 e. The van der Waals surface area contributed by atoms with Crippen molar-refractivity contribution in [2.24, 2.45) is 10.9 Å². The lowest BCUT2D eigenvalue weighted by atomic mass is 9.89. The molecule has 1 aliphatic rings. The Bertz CT molecular complexity index is 645. The van der Waals surface area contributed by atoms with E-state index in [1.54, 1.807) is 0 Å². The van der Waals surface area contributed by atoms with Crippen LogP contribution < -0.4 is 10.6 Å². The van der Waals surface area contributed by atoms with E-state index < -0.39 is 0 Å². The second-order valence-electron chi connectivity index (χ2n) is 6.41. The Balaban J connectivity index is 0.00000243. The average molecular weight is 468 g/mol. The normalized spacial score (nSPS) is 20.3. The second-order valence-corrected chi connectivity index (χ2v) is 6.41. The standard InChI is InChI=1S/C20H28N4O.HI/c1-21-20(22-11-14-24-12-5-6-13-24)23-16-18-10-7-15-25-19(18)17-8-3-2-4-9-17;/h2-6,8-9,12-13,18-19H,7,10-11,14-16H2,1H3,(H2,21,22,23);1H. The number of guanidine groups is 1. The van der Waals surface area contributed by atoms with Crippen LogP contribution in [0.15, 0.2) is 59.9 Å². The van der Waals surface area contributed by atoms with Gasteiger partial charge in [0.25, 0.3) is 0 Å². The van der Waals surface area contributed by atoms with E-state index in [0.717, 1.165) is 38.6 Å². The molecule has 0 spiro atoms. The van der Waals surface area contributed by atoms with Gasteiger partial charge in [0.05, 0.1) is 6.10 Å². The van der Waals surface area contributed by atoms with Crippen molar-refractivity contribution >= 4 is 29.9 Å². The van der Waals surface area contributed by atoms with Crippen molar-refractivity contribution in [3.8, 4) is 0 Å². The summed E-state index contributed by atoms with van der Waals surface area (Å²) in [5, 5.41) is 6.85. The van der Waals surface area contributed by atoms with E-state index >= 15 is 0 Å². The number of hydrogen-bond acceptors (Lipinski definition) is 2. The van der Waals surface area contributed by atoms with Crippen LogP contribution in [0.4, 0.5) is 0 Å². The quantitative estimate of drug-likeness (QED) is 0.388. The number of rotatable bonds is 6. The number of aliphatic imine (C=N–C) groups is 1. The Morgan fingerprint density at radius 1 is 1.15 bits per heavy atom. The van der Waals surface area contributed by atoms with Crippen LogP contribution >= 0.6 is 24.0 Å². The largest absolute Gasteiger partial charge is 0.373 e. The van der Waals surface area contributed by atoms with Gasteiger partial charge in [0.1, 0.15) is 0 Å². The molecule has 2 heterocycles. The molecule has 2 N–H and O–H groups in total. The number of benzene rings is 1. The SMILES string of the molecule is CN=C(NCCn1cccc1)NCC1CCCOC1c1ccccc1.I. The maximum atomic E-state index is 6.07. The van der Waals surface area contributed by atoms with Crippen LogP contribution in [0.25, 0.3) is 0 Å². The van der Waals surface area contributed by atoms with Crippen LogP contribution in [-0.2, 0) is 11.3 Å². The van der Waals surface area contributed by atoms with Gasteiger partial charge in [-0.05, 0) is 30.5 Å². The molecule has 0 amide bonds. The van der Waals surface area contributed by atoms with Gasteiger partial charge < -0.3 is 19.9 Å².